The Kier molecular flexibility index (Phi) is 3.21. The van der Waals surface area contributed by atoms with Gasteiger partial charge in [-0.15, -0.1) is 0 Å². The molecule has 0 aliphatic carbocycles. The van der Waals surface area contributed by atoms with Gasteiger partial charge in [0, 0.05) is 25.0 Å². The molecular weight excluding hydrogens is 224 g/mol. The van der Waals surface area contributed by atoms with E-state index in [-0.39, 0.29) is 0 Å². The molecule has 1 fully saturated rings. The summed E-state index contributed by atoms with van der Waals surface area (Å²) in [5.74, 6) is 0. The van der Waals surface area contributed by atoms with Gasteiger partial charge < -0.3 is 10.2 Å². The number of rotatable bonds is 1. The molecule has 1 aliphatic rings. The van der Waals surface area contributed by atoms with E-state index in [1.54, 1.807) is 12.4 Å². The maximum absolute atomic E-state index is 4.38. The van der Waals surface area contributed by atoms with Gasteiger partial charge in [-0.05, 0) is 44.3 Å². The zero-order valence-electron chi connectivity index (χ0n) is 10.6. The van der Waals surface area contributed by atoms with Crippen molar-refractivity contribution in [1.82, 2.24) is 20.2 Å². The first kappa shape index (κ1) is 11.6. The minimum atomic E-state index is 0.393. The summed E-state index contributed by atoms with van der Waals surface area (Å²) in [4.78, 5) is 11.1. The fraction of sp³-hybridized carbons (Fsp3) is 0.429. The third-order valence-electron chi connectivity index (χ3n) is 3.50. The van der Waals surface area contributed by atoms with E-state index in [1.807, 2.05) is 0 Å². The van der Waals surface area contributed by atoms with Gasteiger partial charge >= 0.3 is 0 Å². The Morgan fingerprint density at radius 2 is 2.06 bits per heavy atom. The van der Waals surface area contributed by atoms with Crippen LogP contribution in [-0.4, -0.2) is 41.5 Å². The van der Waals surface area contributed by atoms with E-state index < -0.39 is 0 Å². The number of aromatic nitrogens is 2. The number of nitrogens with one attached hydrogen (secondary N) is 1. The van der Waals surface area contributed by atoms with Crippen LogP contribution >= 0.6 is 0 Å². The molecule has 4 nitrogen and oxygen atoms in total. The van der Waals surface area contributed by atoms with Gasteiger partial charge in [0.15, 0.2) is 0 Å². The molecule has 4 heteroatoms. The van der Waals surface area contributed by atoms with Gasteiger partial charge in [0.2, 0.25) is 0 Å². The van der Waals surface area contributed by atoms with Crippen molar-refractivity contribution in [1.29, 1.82) is 0 Å². The van der Waals surface area contributed by atoms with E-state index in [1.165, 1.54) is 12.0 Å². The van der Waals surface area contributed by atoms with Crippen molar-refractivity contribution in [2.24, 2.45) is 0 Å². The second kappa shape index (κ2) is 5.00. The summed E-state index contributed by atoms with van der Waals surface area (Å²) in [6, 6.07) is 6.76. The Hall–Kier alpha value is -1.52. The lowest BCUT2D eigenvalue weighted by Crippen LogP contribution is -2.28. The van der Waals surface area contributed by atoms with Gasteiger partial charge in [0.25, 0.3) is 0 Å². The summed E-state index contributed by atoms with van der Waals surface area (Å²) in [5, 5.41) is 3.60. The summed E-state index contributed by atoms with van der Waals surface area (Å²) < 4.78 is 0. The van der Waals surface area contributed by atoms with Crippen LogP contribution < -0.4 is 5.32 Å². The van der Waals surface area contributed by atoms with Gasteiger partial charge in [0.05, 0.1) is 11.0 Å². The molecule has 1 aromatic heterocycles. The predicted octanol–water partition coefficient (Wildman–Crippen LogP) is 1.60. The first-order valence-corrected chi connectivity index (χ1v) is 6.45. The van der Waals surface area contributed by atoms with Crippen molar-refractivity contribution in [2.75, 3.05) is 26.7 Å². The average molecular weight is 242 g/mol. The molecule has 94 valence electrons. The summed E-state index contributed by atoms with van der Waals surface area (Å²) >= 11 is 0. The number of likely N-dealkylation sites (N-methyl/N-ethyl adjacent to an activating group) is 1. The van der Waals surface area contributed by atoms with Crippen LogP contribution in [0.15, 0.2) is 30.6 Å². The van der Waals surface area contributed by atoms with Crippen LogP contribution in [0, 0.1) is 0 Å². The topological polar surface area (TPSA) is 41.0 Å². The van der Waals surface area contributed by atoms with Gasteiger partial charge in [-0.25, -0.2) is 0 Å². The quantitative estimate of drug-likeness (QED) is 0.824. The lowest BCUT2D eigenvalue weighted by atomic mass is 10.1. The molecule has 18 heavy (non-hydrogen) atoms. The van der Waals surface area contributed by atoms with Crippen LogP contribution in [0.25, 0.3) is 11.0 Å². The third-order valence-corrected chi connectivity index (χ3v) is 3.50. The molecule has 1 atom stereocenters. The van der Waals surface area contributed by atoms with Crippen LogP contribution in [0.3, 0.4) is 0 Å². The van der Waals surface area contributed by atoms with Crippen molar-refractivity contribution in [3.8, 4) is 0 Å². The van der Waals surface area contributed by atoms with Gasteiger partial charge in [-0.3, -0.25) is 9.97 Å². The molecule has 1 aromatic carbocycles. The van der Waals surface area contributed by atoms with E-state index in [2.05, 4.69) is 45.4 Å². The van der Waals surface area contributed by atoms with Crippen LogP contribution in [0.2, 0.25) is 0 Å². The van der Waals surface area contributed by atoms with Crippen LogP contribution in [0.4, 0.5) is 0 Å². The van der Waals surface area contributed by atoms with Crippen molar-refractivity contribution < 1.29 is 0 Å². The molecule has 1 N–H and O–H groups in total. The SMILES string of the molecule is CN1CCCNC(c2ccc3nccnc3c2)C1. The van der Waals surface area contributed by atoms with Gasteiger partial charge in [-0.1, -0.05) is 6.07 Å². The van der Waals surface area contributed by atoms with Gasteiger partial charge in [0.1, 0.15) is 0 Å². The van der Waals surface area contributed by atoms with E-state index in [0.29, 0.717) is 6.04 Å². The Balaban J connectivity index is 1.92. The molecule has 0 radical (unpaired) electrons. The van der Waals surface area contributed by atoms with Crippen molar-refractivity contribution in [3.05, 3.63) is 36.2 Å². The number of hydrogen-bond donors (Lipinski definition) is 1. The van der Waals surface area contributed by atoms with Crippen molar-refractivity contribution in [2.45, 2.75) is 12.5 Å². The second-order valence-electron chi connectivity index (χ2n) is 4.93. The maximum Gasteiger partial charge on any atom is 0.0890 e. The number of fused-ring (bicyclic) bond motifs is 1. The van der Waals surface area contributed by atoms with Crippen LogP contribution in [-0.2, 0) is 0 Å². The van der Waals surface area contributed by atoms with Gasteiger partial charge in [-0.2, -0.15) is 0 Å². The molecule has 1 aliphatic heterocycles. The Labute approximate surface area is 107 Å². The highest BCUT2D eigenvalue weighted by Gasteiger charge is 2.17. The minimum absolute atomic E-state index is 0.393. The molecule has 0 saturated carbocycles. The largest absolute Gasteiger partial charge is 0.309 e. The first-order valence-electron chi connectivity index (χ1n) is 6.45. The van der Waals surface area contributed by atoms with Crippen molar-refractivity contribution in [3.63, 3.8) is 0 Å². The Morgan fingerprint density at radius 1 is 1.22 bits per heavy atom. The number of nitrogens with zero attached hydrogens (tertiary/aromatic N) is 3. The number of benzene rings is 1. The van der Waals surface area contributed by atoms with Crippen LogP contribution in [0.1, 0.15) is 18.0 Å². The lowest BCUT2D eigenvalue weighted by Gasteiger charge is -2.21. The smallest absolute Gasteiger partial charge is 0.0890 e. The van der Waals surface area contributed by atoms with E-state index in [4.69, 9.17) is 0 Å². The molecule has 0 amide bonds. The minimum Gasteiger partial charge on any atom is -0.309 e. The Morgan fingerprint density at radius 3 is 2.94 bits per heavy atom. The molecule has 1 unspecified atom stereocenters. The summed E-state index contributed by atoms with van der Waals surface area (Å²) in [5.41, 5.74) is 3.24. The van der Waals surface area contributed by atoms with Crippen LogP contribution in [0.5, 0.6) is 0 Å². The highest BCUT2D eigenvalue weighted by atomic mass is 15.1. The summed E-state index contributed by atoms with van der Waals surface area (Å²) in [6.07, 6.45) is 4.69. The fourth-order valence-corrected chi connectivity index (χ4v) is 2.51. The second-order valence-corrected chi connectivity index (χ2v) is 4.93. The highest BCUT2D eigenvalue weighted by Crippen LogP contribution is 2.19. The molecule has 0 bridgehead atoms. The fourth-order valence-electron chi connectivity index (χ4n) is 2.51. The van der Waals surface area contributed by atoms with E-state index >= 15 is 0 Å². The number of hydrogen-bond acceptors (Lipinski definition) is 4. The lowest BCUT2D eigenvalue weighted by molar-refractivity contribution is 0.326. The molecular formula is C14H18N4. The third kappa shape index (κ3) is 2.35. The molecule has 3 rings (SSSR count). The highest BCUT2D eigenvalue weighted by molar-refractivity contribution is 5.74. The summed E-state index contributed by atoms with van der Waals surface area (Å²) in [6.45, 7) is 3.29. The molecule has 2 heterocycles. The van der Waals surface area contributed by atoms with E-state index in [9.17, 15) is 0 Å². The van der Waals surface area contributed by atoms with Crippen molar-refractivity contribution >= 4 is 11.0 Å². The molecule has 0 spiro atoms. The average Bonchev–Trinajstić information content (AvgIpc) is 2.63. The predicted molar refractivity (Wildman–Crippen MR) is 72.4 cm³/mol. The molecule has 2 aromatic rings. The maximum atomic E-state index is 4.38. The summed E-state index contributed by atoms with van der Waals surface area (Å²) in [7, 11) is 2.18. The standard InChI is InChI=1S/C14H18N4/c1-18-8-2-5-15-14(10-18)11-3-4-12-13(9-11)17-7-6-16-12/h3-4,6-7,9,14-15H,2,5,8,10H2,1H3. The normalized spacial score (nSPS) is 21.9. The Bertz CT molecular complexity index is 540. The molecule has 1 saturated heterocycles. The monoisotopic (exact) mass is 242 g/mol. The van der Waals surface area contributed by atoms with E-state index in [0.717, 1.165) is 30.7 Å². The zero-order chi connectivity index (χ0) is 12.4. The first-order chi connectivity index (χ1) is 8.83. The zero-order valence-corrected chi connectivity index (χ0v) is 10.6.